The van der Waals surface area contributed by atoms with E-state index < -0.39 is 64.6 Å². The molecule has 0 atom stereocenters. The summed E-state index contributed by atoms with van der Waals surface area (Å²) in [6.45, 7) is 0. The lowest BCUT2D eigenvalue weighted by molar-refractivity contribution is 0.113. The van der Waals surface area contributed by atoms with Crippen molar-refractivity contribution in [3.05, 3.63) is 129 Å². The van der Waals surface area contributed by atoms with Gasteiger partial charge in [-0.1, -0.05) is 23.2 Å². The standard InChI is InChI=1S/2C18H17ClF2O3S/c2*19-12-1-4-15(5-2-12)25(23,24)18(9-7-14(22)8-10-18)16-11-13(20)3-6-17(16)21/h2*1-6,11,14,22H,7-10H2. The van der Waals surface area contributed by atoms with Gasteiger partial charge in [0.2, 0.25) is 0 Å². The van der Waals surface area contributed by atoms with Crippen LogP contribution in [0.2, 0.25) is 10.0 Å². The summed E-state index contributed by atoms with van der Waals surface area (Å²) in [7, 11) is -8.07. The molecule has 2 saturated carbocycles. The number of hydrogen-bond acceptors (Lipinski definition) is 6. The van der Waals surface area contributed by atoms with E-state index in [1.807, 2.05) is 0 Å². The molecule has 50 heavy (non-hydrogen) atoms. The Morgan fingerprint density at radius 1 is 0.520 bits per heavy atom. The maximum Gasteiger partial charge on any atom is 0.188 e. The molecule has 0 bridgehead atoms. The lowest BCUT2D eigenvalue weighted by atomic mass is 9.81. The Bertz CT molecular complexity index is 1900. The molecule has 6 rings (SSSR count). The zero-order chi connectivity index (χ0) is 36.5. The van der Waals surface area contributed by atoms with Crippen molar-refractivity contribution in [3.63, 3.8) is 0 Å². The molecule has 2 aliphatic carbocycles. The lowest BCUT2D eigenvalue weighted by Crippen LogP contribution is -2.41. The molecule has 4 aromatic carbocycles. The number of hydrogen-bond donors (Lipinski definition) is 2. The second-order valence-electron chi connectivity index (χ2n) is 12.6. The van der Waals surface area contributed by atoms with E-state index in [-0.39, 0.29) is 72.3 Å². The molecule has 268 valence electrons. The molecular weight excluding hydrogens is 739 g/mol. The minimum atomic E-state index is -4.03. The van der Waals surface area contributed by atoms with Crippen LogP contribution in [0.1, 0.15) is 62.5 Å². The molecule has 14 heteroatoms. The summed E-state index contributed by atoms with van der Waals surface area (Å²) < 4.78 is 107. The van der Waals surface area contributed by atoms with Crippen molar-refractivity contribution >= 4 is 42.9 Å². The Labute approximate surface area is 298 Å². The quantitative estimate of drug-likeness (QED) is 0.191. The van der Waals surface area contributed by atoms with Crippen LogP contribution in [0, 0.1) is 23.3 Å². The van der Waals surface area contributed by atoms with Crippen LogP contribution in [0.4, 0.5) is 17.6 Å². The summed E-state index contributed by atoms with van der Waals surface area (Å²) in [5.74, 6) is -2.94. The van der Waals surface area contributed by atoms with Gasteiger partial charge in [0.05, 0.1) is 22.0 Å². The van der Waals surface area contributed by atoms with Gasteiger partial charge in [0, 0.05) is 21.2 Å². The van der Waals surface area contributed by atoms with Gasteiger partial charge in [-0.2, -0.15) is 0 Å². The maximum absolute atomic E-state index is 14.5. The van der Waals surface area contributed by atoms with E-state index in [1.54, 1.807) is 0 Å². The van der Waals surface area contributed by atoms with E-state index in [0.29, 0.717) is 10.0 Å². The van der Waals surface area contributed by atoms with Crippen LogP contribution in [0.5, 0.6) is 0 Å². The average Bonchev–Trinajstić information content (AvgIpc) is 3.08. The Balaban J connectivity index is 0.000000194. The summed E-state index contributed by atoms with van der Waals surface area (Å²) in [4.78, 5) is -0.00565. The van der Waals surface area contributed by atoms with E-state index in [4.69, 9.17) is 23.2 Å². The highest BCUT2D eigenvalue weighted by Gasteiger charge is 2.51. The van der Waals surface area contributed by atoms with Gasteiger partial charge >= 0.3 is 0 Å². The Kier molecular flexibility index (Phi) is 11.4. The molecule has 2 fully saturated rings. The van der Waals surface area contributed by atoms with Crippen LogP contribution in [-0.2, 0) is 29.2 Å². The summed E-state index contributed by atoms with van der Waals surface area (Å²) in [5.41, 5.74) is -0.372. The molecule has 0 unspecified atom stereocenters. The van der Waals surface area contributed by atoms with Crippen molar-refractivity contribution in [1.29, 1.82) is 0 Å². The normalized spacial score (nSPS) is 24.2. The van der Waals surface area contributed by atoms with Gasteiger partial charge in [0.25, 0.3) is 0 Å². The van der Waals surface area contributed by atoms with Crippen molar-refractivity contribution in [3.8, 4) is 0 Å². The van der Waals surface area contributed by atoms with Crippen LogP contribution in [0.3, 0.4) is 0 Å². The van der Waals surface area contributed by atoms with Crippen LogP contribution >= 0.6 is 23.2 Å². The number of rotatable bonds is 6. The second-order valence-corrected chi connectivity index (χ2v) is 18.0. The molecule has 0 aliphatic heterocycles. The van der Waals surface area contributed by atoms with Gasteiger partial charge < -0.3 is 10.2 Å². The molecule has 2 N–H and O–H groups in total. The predicted molar refractivity (Wildman–Crippen MR) is 182 cm³/mol. The number of aliphatic hydroxyl groups is 2. The third-order valence-electron chi connectivity index (χ3n) is 9.64. The first-order chi connectivity index (χ1) is 23.5. The molecule has 0 heterocycles. The molecule has 0 saturated heterocycles. The number of benzene rings is 4. The van der Waals surface area contributed by atoms with Crippen LogP contribution in [-0.4, -0.2) is 39.3 Å². The number of aliphatic hydroxyl groups excluding tert-OH is 2. The fourth-order valence-electron chi connectivity index (χ4n) is 6.88. The smallest absolute Gasteiger partial charge is 0.188 e. The van der Waals surface area contributed by atoms with Crippen LogP contribution in [0.15, 0.2) is 94.7 Å². The maximum atomic E-state index is 14.5. The summed E-state index contributed by atoms with van der Waals surface area (Å²) in [6.07, 6.45) is -0.454. The van der Waals surface area contributed by atoms with Crippen LogP contribution in [0.25, 0.3) is 0 Å². The molecular formula is C36H34Cl2F4O6S2. The minimum absolute atomic E-state index is 0.00282. The van der Waals surface area contributed by atoms with Gasteiger partial charge in [-0.3, -0.25) is 0 Å². The van der Waals surface area contributed by atoms with E-state index in [2.05, 4.69) is 0 Å². The summed E-state index contributed by atoms with van der Waals surface area (Å²) in [5, 5.41) is 20.4. The summed E-state index contributed by atoms with van der Waals surface area (Å²) in [6, 6.07) is 16.9. The van der Waals surface area contributed by atoms with E-state index >= 15 is 0 Å². The van der Waals surface area contributed by atoms with E-state index in [0.717, 1.165) is 36.4 Å². The highest BCUT2D eigenvalue weighted by Crippen LogP contribution is 2.49. The van der Waals surface area contributed by atoms with Gasteiger partial charge in [0.1, 0.15) is 32.8 Å². The van der Waals surface area contributed by atoms with Gasteiger partial charge in [-0.05, 0) is 136 Å². The highest BCUT2D eigenvalue weighted by atomic mass is 35.5. The minimum Gasteiger partial charge on any atom is -0.393 e. The summed E-state index contributed by atoms with van der Waals surface area (Å²) >= 11 is 11.7. The second kappa shape index (κ2) is 14.9. The Morgan fingerprint density at radius 2 is 0.820 bits per heavy atom. The molecule has 0 spiro atoms. The molecule has 4 aromatic rings. The zero-order valence-corrected chi connectivity index (χ0v) is 29.7. The van der Waals surface area contributed by atoms with Gasteiger partial charge in [-0.15, -0.1) is 0 Å². The Hall–Kier alpha value is -3.00. The topological polar surface area (TPSA) is 109 Å². The molecule has 0 aromatic heterocycles. The molecule has 0 radical (unpaired) electrons. The predicted octanol–water partition coefficient (Wildman–Crippen LogP) is 8.44. The highest BCUT2D eigenvalue weighted by molar-refractivity contribution is 7.92. The van der Waals surface area contributed by atoms with Gasteiger partial charge in [-0.25, -0.2) is 34.4 Å². The number of sulfone groups is 2. The number of halogens is 6. The largest absolute Gasteiger partial charge is 0.393 e. The average molecular weight is 774 g/mol. The van der Waals surface area contributed by atoms with E-state index in [9.17, 15) is 44.6 Å². The third-order valence-corrected chi connectivity index (χ3v) is 15.2. The van der Waals surface area contributed by atoms with Crippen molar-refractivity contribution in [2.75, 3.05) is 0 Å². The fraction of sp³-hybridized carbons (Fsp3) is 0.333. The fourth-order valence-corrected chi connectivity index (χ4v) is 11.5. The first-order valence-corrected chi connectivity index (χ1v) is 19.5. The molecule has 2 aliphatic rings. The zero-order valence-electron chi connectivity index (χ0n) is 26.5. The lowest BCUT2D eigenvalue weighted by Gasteiger charge is -2.39. The van der Waals surface area contributed by atoms with Crippen molar-refractivity contribution in [2.24, 2.45) is 0 Å². The third kappa shape index (κ3) is 7.33. The van der Waals surface area contributed by atoms with Crippen molar-refractivity contribution in [2.45, 2.75) is 82.9 Å². The first-order valence-electron chi connectivity index (χ1n) is 15.8. The molecule has 0 amide bonds. The van der Waals surface area contributed by atoms with Crippen molar-refractivity contribution < 1.29 is 44.6 Å². The molecule has 6 nitrogen and oxygen atoms in total. The van der Waals surface area contributed by atoms with E-state index in [1.165, 1.54) is 48.5 Å². The SMILES string of the molecule is O=S(=O)(c1ccc(Cl)cc1)C1(c2cc(F)ccc2F)CCC(O)CC1.O=S(=O)(c1ccc(Cl)cc1)C1(c2cc(F)ccc2F)CCC(O)CC1. The monoisotopic (exact) mass is 772 g/mol. The Morgan fingerprint density at radius 3 is 1.12 bits per heavy atom. The van der Waals surface area contributed by atoms with Gasteiger partial charge in [0.15, 0.2) is 19.7 Å². The van der Waals surface area contributed by atoms with Crippen LogP contribution < -0.4 is 0 Å². The first kappa shape index (κ1) is 38.2. The van der Waals surface area contributed by atoms with Crippen molar-refractivity contribution in [1.82, 2.24) is 0 Å².